The van der Waals surface area contributed by atoms with Gasteiger partial charge in [0, 0.05) is 10.5 Å². The number of ether oxygens (including phenoxy) is 1. The molecule has 20 heavy (non-hydrogen) atoms. The van der Waals surface area contributed by atoms with Crippen LogP contribution in [0.4, 0.5) is 0 Å². The maximum atomic E-state index is 6.04. The molecule has 2 aromatic rings. The van der Waals surface area contributed by atoms with E-state index in [1.807, 2.05) is 30.3 Å². The summed E-state index contributed by atoms with van der Waals surface area (Å²) < 4.78 is 7.02. The zero-order chi connectivity index (χ0) is 14.4. The van der Waals surface area contributed by atoms with Gasteiger partial charge in [0.1, 0.15) is 12.4 Å². The Morgan fingerprint density at radius 3 is 2.70 bits per heavy atom. The van der Waals surface area contributed by atoms with Crippen LogP contribution in [0.25, 0.3) is 0 Å². The van der Waals surface area contributed by atoms with Crippen molar-refractivity contribution in [2.75, 3.05) is 0 Å². The van der Waals surface area contributed by atoms with Crippen LogP contribution in [0, 0.1) is 0 Å². The van der Waals surface area contributed by atoms with Gasteiger partial charge < -0.3 is 10.5 Å². The number of nitrogens with two attached hydrogens (primary N) is 1. The molecule has 0 saturated heterocycles. The van der Waals surface area contributed by atoms with Crippen molar-refractivity contribution >= 4 is 15.9 Å². The van der Waals surface area contributed by atoms with Gasteiger partial charge in [0.2, 0.25) is 0 Å². The molecule has 0 amide bonds. The molecule has 0 heterocycles. The molecule has 0 aliphatic rings. The summed E-state index contributed by atoms with van der Waals surface area (Å²) in [4.78, 5) is 0. The lowest BCUT2D eigenvalue weighted by molar-refractivity contribution is 0.302. The van der Waals surface area contributed by atoms with Gasteiger partial charge in [0.25, 0.3) is 0 Å². The average Bonchev–Trinajstić information content (AvgIpc) is 2.46. The van der Waals surface area contributed by atoms with E-state index in [9.17, 15) is 0 Å². The summed E-state index contributed by atoms with van der Waals surface area (Å²) in [6.45, 7) is 2.67. The molecule has 2 nitrogen and oxygen atoms in total. The van der Waals surface area contributed by atoms with Crippen molar-refractivity contribution in [1.29, 1.82) is 0 Å². The molecule has 3 heteroatoms. The summed E-state index contributed by atoms with van der Waals surface area (Å²) in [5.41, 5.74) is 8.36. The van der Waals surface area contributed by atoms with Crippen molar-refractivity contribution in [3.8, 4) is 5.75 Å². The number of rotatable bonds is 6. The summed E-state index contributed by atoms with van der Waals surface area (Å²) in [7, 11) is 0. The molecule has 0 spiro atoms. The first-order chi connectivity index (χ1) is 9.69. The van der Waals surface area contributed by atoms with E-state index in [2.05, 4.69) is 41.1 Å². The number of hydrogen-bond donors (Lipinski definition) is 1. The van der Waals surface area contributed by atoms with E-state index in [0.717, 1.165) is 28.6 Å². The second-order valence-corrected chi connectivity index (χ2v) is 5.81. The van der Waals surface area contributed by atoms with Gasteiger partial charge in [-0.25, -0.2) is 0 Å². The minimum absolute atomic E-state index is 0.186. The van der Waals surface area contributed by atoms with Gasteiger partial charge in [-0.3, -0.25) is 0 Å². The second kappa shape index (κ2) is 7.46. The first-order valence-electron chi connectivity index (χ1n) is 6.89. The smallest absolute Gasteiger partial charge is 0.123 e. The van der Waals surface area contributed by atoms with Crippen molar-refractivity contribution in [1.82, 2.24) is 0 Å². The fourth-order valence-electron chi connectivity index (χ4n) is 2.03. The minimum Gasteiger partial charge on any atom is -0.489 e. The molecule has 2 rings (SSSR count). The van der Waals surface area contributed by atoms with Gasteiger partial charge in [-0.1, -0.05) is 53.2 Å². The summed E-state index contributed by atoms with van der Waals surface area (Å²) in [6.07, 6.45) is 1.82. The van der Waals surface area contributed by atoms with Crippen LogP contribution >= 0.6 is 15.9 Å². The van der Waals surface area contributed by atoms with E-state index in [1.165, 1.54) is 5.56 Å². The van der Waals surface area contributed by atoms with Gasteiger partial charge in [-0.2, -0.15) is 0 Å². The third-order valence-corrected chi connectivity index (χ3v) is 3.76. The molecule has 1 atom stereocenters. The predicted octanol–water partition coefficient (Wildman–Crippen LogP) is 4.31. The van der Waals surface area contributed by atoms with Gasteiger partial charge in [0.05, 0.1) is 0 Å². The van der Waals surface area contributed by atoms with Crippen molar-refractivity contribution in [2.45, 2.75) is 32.4 Å². The Morgan fingerprint density at radius 2 is 1.95 bits per heavy atom. The Bertz CT molecular complexity index is 556. The van der Waals surface area contributed by atoms with Gasteiger partial charge in [0.15, 0.2) is 0 Å². The van der Waals surface area contributed by atoms with Gasteiger partial charge in [-0.05, 0) is 42.2 Å². The van der Waals surface area contributed by atoms with Crippen LogP contribution in [0.3, 0.4) is 0 Å². The average molecular weight is 334 g/mol. The Kier molecular flexibility index (Phi) is 5.62. The molecule has 106 valence electrons. The highest BCUT2D eigenvalue weighted by atomic mass is 79.9. The zero-order valence-electron chi connectivity index (χ0n) is 11.7. The molecule has 0 bridgehead atoms. The highest BCUT2D eigenvalue weighted by Crippen LogP contribution is 2.21. The molecule has 1 unspecified atom stereocenters. The first-order valence-corrected chi connectivity index (χ1v) is 7.69. The lowest BCUT2D eigenvalue weighted by atomic mass is 10.0. The van der Waals surface area contributed by atoms with E-state index in [1.54, 1.807) is 0 Å². The maximum absolute atomic E-state index is 6.04. The number of para-hydroxylation sites is 1. The SMILES string of the molecule is CCC(N)Cc1ccccc1OCc1cccc(Br)c1. The molecule has 0 aliphatic heterocycles. The number of hydrogen-bond acceptors (Lipinski definition) is 2. The largest absolute Gasteiger partial charge is 0.489 e. The molecule has 0 radical (unpaired) electrons. The molecule has 0 aliphatic carbocycles. The highest BCUT2D eigenvalue weighted by Gasteiger charge is 2.07. The zero-order valence-corrected chi connectivity index (χ0v) is 13.3. The lowest BCUT2D eigenvalue weighted by Crippen LogP contribution is -2.21. The van der Waals surface area contributed by atoms with E-state index in [4.69, 9.17) is 10.5 Å². The Balaban J connectivity index is 2.05. The fourth-order valence-corrected chi connectivity index (χ4v) is 2.47. The van der Waals surface area contributed by atoms with Crippen LogP contribution in [0.5, 0.6) is 5.75 Å². The van der Waals surface area contributed by atoms with Crippen LogP contribution in [0.15, 0.2) is 53.0 Å². The maximum Gasteiger partial charge on any atom is 0.123 e. The molecule has 0 fully saturated rings. The Morgan fingerprint density at radius 1 is 1.15 bits per heavy atom. The fraction of sp³-hybridized carbons (Fsp3) is 0.294. The van der Waals surface area contributed by atoms with Crippen molar-refractivity contribution in [3.05, 3.63) is 64.1 Å². The van der Waals surface area contributed by atoms with Crippen LogP contribution in [0.2, 0.25) is 0 Å². The Labute approximate surface area is 129 Å². The molecule has 0 saturated carbocycles. The van der Waals surface area contributed by atoms with E-state index in [-0.39, 0.29) is 6.04 Å². The van der Waals surface area contributed by atoms with Gasteiger partial charge in [-0.15, -0.1) is 0 Å². The number of benzene rings is 2. The standard InChI is InChI=1S/C17H20BrNO/c1-2-16(19)11-14-7-3-4-9-17(14)20-12-13-6-5-8-15(18)10-13/h3-10,16H,2,11-12,19H2,1H3. The third kappa shape index (κ3) is 4.36. The molecule has 2 aromatic carbocycles. The normalized spacial score (nSPS) is 12.2. The quantitative estimate of drug-likeness (QED) is 0.854. The van der Waals surface area contributed by atoms with E-state index in [0.29, 0.717) is 6.61 Å². The van der Waals surface area contributed by atoms with Crippen molar-refractivity contribution < 1.29 is 4.74 Å². The van der Waals surface area contributed by atoms with Crippen LogP contribution in [0.1, 0.15) is 24.5 Å². The summed E-state index contributed by atoms with van der Waals surface area (Å²) >= 11 is 3.47. The first kappa shape index (κ1) is 15.1. The molecular formula is C17H20BrNO. The molecule has 2 N–H and O–H groups in total. The van der Waals surface area contributed by atoms with Crippen LogP contribution in [-0.4, -0.2) is 6.04 Å². The third-order valence-electron chi connectivity index (χ3n) is 3.26. The number of halogens is 1. The van der Waals surface area contributed by atoms with Crippen molar-refractivity contribution in [2.24, 2.45) is 5.73 Å². The summed E-state index contributed by atoms with van der Waals surface area (Å²) in [5.74, 6) is 0.927. The highest BCUT2D eigenvalue weighted by molar-refractivity contribution is 9.10. The van der Waals surface area contributed by atoms with E-state index >= 15 is 0 Å². The summed E-state index contributed by atoms with van der Waals surface area (Å²) in [5, 5.41) is 0. The molecular weight excluding hydrogens is 314 g/mol. The Hall–Kier alpha value is -1.32. The topological polar surface area (TPSA) is 35.2 Å². The van der Waals surface area contributed by atoms with Crippen LogP contribution < -0.4 is 10.5 Å². The van der Waals surface area contributed by atoms with Crippen molar-refractivity contribution in [3.63, 3.8) is 0 Å². The predicted molar refractivity (Wildman–Crippen MR) is 86.9 cm³/mol. The minimum atomic E-state index is 0.186. The monoisotopic (exact) mass is 333 g/mol. The molecule has 0 aromatic heterocycles. The van der Waals surface area contributed by atoms with E-state index < -0.39 is 0 Å². The van der Waals surface area contributed by atoms with Crippen LogP contribution in [-0.2, 0) is 13.0 Å². The van der Waals surface area contributed by atoms with Gasteiger partial charge >= 0.3 is 0 Å². The lowest BCUT2D eigenvalue weighted by Gasteiger charge is -2.14. The second-order valence-electron chi connectivity index (χ2n) is 4.90. The summed E-state index contributed by atoms with van der Waals surface area (Å²) in [6, 6.07) is 16.5.